The Kier molecular flexibility index (Phi) is 8.03. The fourth-order valence-corrected chi connectivity index (χ4v) is 0. The normalized spacial score (nSPS) is 10.0. The third-order valence-corrected chi connectivity index (χ3v) is 0. The van der Waals surface area contributed by atoms with Gasteiger partial charge in [-0.15, -0.1) is 0 Å². The first-order valence-corrected chi connectivity index (χ1v) is 9.35. The maximum Gasteiger partial charge on any atom is 0 e. The summed E-state index contributed by atoms with van der Waals surface area (Å²) in [6.07, 6.45) is 0. The molecule has 0 nitrogen and oxygen atoms in total. The van der Waals surface area contributed by atoms with Crippen molar-refractivity contribution < 1.29 is 29.4 Å². The smallest absolute Gasteiger partial charge is 0 e. The van der Waals surface area contributed by atoms with Crippen molar-refractivity contribution >= 4 is 37.2 Å². The van der Waals surface area contributed by atoms with Gasteiger partial charge in [-0.05, 0) is 0 Å². The summed E-state index contributed by atoms with van der Waals surface area (Å²) < 4.78 is 0. The van der Waals surface area contributed by atoms with Crippen LogP contribution in [0.2, 0.25) is 0 Å². The molecule has 0 heterocycles. The van der Waals surface area contributed by atoms with Crippen LogP contribution < -0.4 is 0 Å². The summed E-state index contributed by atoms with van der Waals surface area (Å²) in [6.45, 7) is 0. The Morgan fingerprint density at radius 2 is 0.833 bits per heavy atom. The Bertz CT molecular complexity index is 23.0. The summed E-state index contributed by atoms with van der Waals surface area (Å²) in [7, 11) is 20.1. The first-order chi connectivity index (χ1) is 2.00. The first kappa shape index (κ1) is 11.2. The van der Waals surface area contributed by atoms with E-state index in [9.17, 15) is 0 Å². The second-order valence-electron chi connectivity index (χ2n) is 0.429. The topological polar surface area (TPSA) is 0 Å². The third kappa shape index (κ3) is 32.5. The van der Waals surface area contributed by atoms with Gasteiger partial charge in [-0.3, -0.25) is 0 Å². The van der Waals surface area contributed by atoms with Gasteiger partial charge in [0.2, 0.25) is 0 Å². The maximum absolute atomic E-state index is 5.01. The SMILES string of the molecule is [Cl][Ti]([Cl])([Cl])[Cl].[Fe]. The van der Waals surface area contributed by atoms with Gasteiger partial charge >= 0.3 is 49.6 Å². The summed E-state index contributed by atoms with van der Waals surface area (Å²) >= 11 is -3.11. The molecule has 0 spiro atoms. The minimum Gasteiger partial charge on any atom is 0 e. The maximum atomic E-state index is 5.01. The van der Waals surface area contributed by atoms with Gasteiger partial charge in [0, 0.05) is 17.1 Å². The monoisotopic (exact) mass is 244 g/mol. The number of hydrogen-bond acceptors (Lipinski definition) is 0. The van der Waals surface area contributed by atoms with Gasteiger partial charge in [0.1, 0.15) is 0 Å². The van der Waals surface area contributed by atoms with E-state index in [-0.39, 0.29) is 17.1 Å². The Labute approximate surface area is 65.8 Å². The molecule has 0 aliphatic heterocycles. The van der Waals surface area contributed by atoms with E-state index >= 15 is 0 Å². The summed E-state index contributed by atoms with van der Waals surface area (Å²) in [5.74, 6) is 0. The van der Waals surface area contributed by atoms with Crippen LogP contribution in [-0.4, -0.2) is 0 Å². The van der Waals surface area contributed by atoms with Crippen molar-refractivity contribution in [1.82, 2.24) is 0 Å². The van der Waals surface area contributed by atoms with Crippen molar-refractivity contribution in [3.63, 3.8) is 0 Å². The van der Waals surface area contributed by atoms with E-state index in [2.05, 4.69) is 0 Å². The largest absolute Gasteiger partial charge is 0 e. The van der Waals surface area contributed by atoms with Crippen molar-refractivity contribution in [3.8, 4) is 0 Å². The molecule has 0 saturated heterocycles. The van der Waals surface area contributed by atoms with Gasteiger partial charge in [-0.25, -0.2) is 0 Å². The van der Waals surface area contributed by atoms with E-state index in [0.717, 1.165) is 0 Å². The van der Waals surface area contributed by atoms with Gasteiger partial charge < -0.3 is 0 Å². The van der Waals surface area contributed by atoms with E-state index in [0.29, 0.717) is 0 Å². The number of rotatable bonds is 0. The average Bonchev–Trinajstić information content (AvgIpc) is 0.722. The van der Waals surface area contributed by atoms with E-state index in [1.165, 1.54) is 0 Å². The molecule has 0 atom stereocenters. The Balaban J connectivity index is 0. The molecule has 0 aliphatic rings. The zero-order chi connectivity index (χ0) is 4.50. The standard InChI is InChI=1S/4ClH.Fe.Ti/h4*1H;;/q;;;;;+4/p-4. The van der Waals surface area contributed by atoms with E-state index in [1.54, 1.807) is 0 Å². The van der Waals surface area contributed by atoms with Crippen LogP contribution in [0.1, 0.15) is 0 Å². The van der Waals surface area contributed by atoms with E-state index in [4.69, 9.17) is 37.2 Å². The molecule has 0 saturated carbocycles. The Hall–Kier alpha value is 2.39. The van der Waals surface area contributed by atoms with Crippen molar-refractivity contribution in [3.05, 3.63) is 0 Å². The molecule has 6 heavy (non-hydrogen) atoms. The molecule has 0 bridgehead atoms. The van der Waals surface area contributed by atoms with Gasteiger partial charge in [0.25, 0.3) is 0 Å². The minimum absolute atomic E-state index is 0. The Morgan fingerprint density at radius 3 is 0.833 bits per heavy atom. The van der Waals surface area contributed by atoms with Gasteiger partial charge in [0.05, 0.1) is 0 Å². The molecule has 6 heteroatoms. The molecule has 0 fully saturated rings. The first-order valence-electron chi connectivity index (χ1n) is 0.756. The minimum atomic E-state index is -3.11. The quantitative estimate of drug-likeness (QED) is 0.576. The fourth-order valence-electron chi connectivity index (χ4n) is 0. The second-order valence-corrected chi connectivity index (χ2v) is 15.9. The zero-order valence-corrected chi connectivity index (χ0v) is 8.05. The molecule has 0 aromatic carbocycles. The van der Waals surface area contributed by atoms with Crippen LogP contribution in [0.3, 0.4) is 0 Å². The predicted octanol–water partition coefficient (Wildman–Crippen LogP) is 2.75. The molecule has 0 aliphatic carbocycles. The number of halogens is 4. The van der Waals surface area contributed by atoms with Crippen LogP contribution in [0.25, 0.3) is 0 Å². The van der Waals surface area contributed by atoms with Crippen LogP contribution in [0.4, 0.5) is 0 Å². The van der Waals surface area contributed by atoms with E-state index < -0.39 is 12.3 Å². The molecule has 0 N–H and O–H groups in total. The van der Waals surface area contributed by atoms with Crippen molar-refractivity contribution in [2.45, 2.75) is 0 Å². The van der Waals surface area contributed by atoms with Gasteiger partial charge in [-0.1, -0.05) is 0 Å². The zero-order valence-electron chi connectivity index (χ0n) is 2.37. The molecule has 0 radical (unpaired) electrons. The Morgan fingerprint density at radius 1 is 0.833 bits per heavy atom. The van der Waals surface area contributed by atoms with Crippen LogP contribution in [0.5, 0.6) is 0 Å². The van der Waals surface area contributed by atoms with Gasteiger partial charge in [-0.2, -0.15) is 0 Å². The van der Waals surface area contributed by atoms with Crippen molar-refractivity contribution in [1.29, 1.82) is 0 Å². The molecule has 0 aromatic heterocycles. The van der Waals surface area contributed by atoms with Gasteiger partial charge in [0.15, 0.2) is 0 Å². The van der Waals surface area contributed by atoms with Crippen molar-refractivity contribution in [2.75, 3.05) is 0 Å². The van der Waals surface area contributed by atoms with Crippen LogP contribution in [0.15, 0.2) is 0 Å². The molecule has 0 aromatic rings. The second kappa shape index (κ2) is 4.29. The van der Waals surface area contributed by atoms with E-state index in [1.807, 2.05) is 0 Å². The molecule has 40 valence electrons. The molecular weight excluding hydrogens is 246 g/mol. The predicted molar refractivity (Wildman–Crippen MR) is 23.4 cm³/mol. The van der Waals surface area contributed by atoms with Crippen LogP contribution >= 0.6 is 37.2 Å². The summed E-state index contributed by atoms with van der Waals surface area (Å²) in [4.78, 5) is 0. The molecule has 0 rings (SSSR count). The summed E-state index contributed by atoms with van der Waals surface area (Å²) in [5.41, 5.74) is 0. The molecule has 0 unspecified atom stereocenters. The third-order valence-electron chi connectivity index (χ3n) is 0. The summed E-state index contributed by atoms with van der Waals surface area (Å²) in [6, 6.07) is 0. The molecular formula is Cl4FeTi. The van der Waals surface area contributed by atoms with Crippen LogP contribution in [-0.2, 0) is 29.4 Å². The molecule has 0 amide bonds. The van der Waals surface area contributed by atoms with Crippen molar-refractivity contribution in [2.24, 2.45) is 0 Å². The average molecular weight is 246 g/mol. The van der Waals surface area contributed by atoms with Crippen LogP contribution in [0, 0.1) is 0 Å². The summed E-state index contributed by atoms with van der Waals surface area (Å²) in [5, 5.41) is 0. The number of hydrogen-bond donors (Lipinski definition) is 0. The fraction of sp³-hybridized carbons (Fsp3) is 0.